The first-order valence-electron chi connectivity index (χ1n) is 5.36. The van der Waals surface area contributed by atoms with Crippen LogP contribution >= 0.6 is 0 Å². The van der Waals surface area contributed by atoms with Gasteiger partial charge in [-0.05, 0) is 12.1 Å². The fourth-order valence-corrected chi connectivity index (χ4v) is 1.93. The first-order valence-corrected chi connectivity index (χ1v) is 5.36. The molecule has 0 aliphatic rings. The maximum absolute atomic E-state index is 12.6. The van der Waals surface area contributed by atoms with Crippen LogP contribution in [0.4, 0.5) is 19.1 Å². The number of aromatic amines is 1. The van der Waals surface area contributed by atoms with E-state index in [-0.39, 0.29) is 5.88 Å². The van der Waals surface area contributed by atoms with Crippen molar-refractivity contribution in [1.82, 2.24) is 10.1 Å². The summed E-state index contributed by atoms with van der Waals surface area (Å²) in [6.07, 6.45) is -2.79. The van der Waals surface area contributed by atoms with Gasteiger partial charge in [0.1, 0.15) is 5.69 Å². The van der Waals surface area contributed by atoms with E-state index in [9.17, 15) is 13.2 Å². The van der Waals surface area contributed by atoms with Gasteiger partial charge in [0.25, 0.3) is 0 Å². The molecule has 2 heterocycles. The van der Waals surface area contributed by atoms with Crippen LogP contribution in [0, 0.1) is 0 Å². The van der Waals surface area contributed by atoms with E-state index in [1.165, 1.54) is 12.1 Å². The van der Waals surface area contributed by atoms with E-state index in [0.717, 1.165) is 12.1 Å². The molecule has 0 spiro atoms. The zero-order chi connectivity index (χ0) is 13.6. The molecule has 1 aromatic carbocycles. The monoisotopic (exact) mass is 267 g/mol. The van der Waals surface area contributed by atoms with E-state index in [0.29, 0.717) is 22.2 Å². The minimum Gasteiger partial charge on any atom is -0.368 e. The maximum Gasteiger partial charge on any atom is 0.416 e. The highest BCUT2D eigenvalue weighted by atomic mass is 19.4. The lowest BCUT2D eigenvalue weighted by atomic mass is 10.1. The molecule has 0 atom stereocenters. The lowest BCUT2D eigenvalue weighted by molar-refractivity contribution is -0.137. The molecule has 0 aliphatic carbocycles. The van der Waals surface area contributed by atoms with Crippen LogP contribution in [0.15, 0.2) is 35.0 Å². The predicted octanol–water partition coefficient (Wildman–Crippen LogP) is 3.42. The highest BCUT2D eigenvalue weighted by Gasteiger charge is 2.30. The predicted molar refractivity (Wildman–Crippen MR) is 63.2 cm³/mol. The Hall–Kier alpha value is -2.44. The largest absolute Gasteiger partial charge is 0.416 e. The van der Waals surface area contributed by atoms with Crippen LogP contribution in [0.5, 0.6) is 0 Å². The number of hydrogen-bond donors (Lipinski definition) is 2. The Bertz CT molecular complexity index is 742. The number of nitrogens with zero attached hydrogens (tertiary/aromatic N) is 1. The van der Waals surface area contributed by atoms with Gasteiger partial charge in [-0.15, -0.1) is 0 Å². The van der Waals surface area contributed by atoms with E-state index < -0.39 is 11.7 Å². The Morgan fingerprint density at radius 3 is 2.63 bits per heavy atom. The van der Waals surface area contributed by atoms with Crippen molar-refractivity contribution in [2.45, 2.75) is 6.18 Å². The second kappa shape index (κ2) is 3.78. The van der Waals surface area contributed by atoms with Crippen molar-refractivity contribution in [1.29, 1.82) is 0 Å². The van der Waals surface area contributed by atoms with Gasteiger partial charge in [0.2, 0.25) is 5.88 Å². The van der Waals surface area contributed by atoms with E-state index in [1.807, 2.05) is 0 Å². The highest BCUT2D eigenvalue weighted by molar-refractivity contribution is 5.95. The quantitative estimate of drug-likeness (QED) is 0.709. The highest BCUT2D eigenvalue weighted by Crippen LogP contribution is 2.34. The van der Waals surface area contributed by atoms with Crippen molar-refractivity contribution in [3.05, 3.63) is 36.0 Å². The van der Waals surface area contributed by atoms with Crippen molar-refractivity contribution in [2.24, 2.45) is 0 Å². The number of hydrogen-bond acceptors (Lipinski definition) is 3. The molecule has 0 unspecified atom stereocenters. The zero-order valence-corrected chi connectivity index (χ0v) is 9.45. The molecule has 4 nitrogen and oxygen atoms in total. The number of aromatic nitrogens is 2. The summed E-state index contributed by atoms with van der Waals surface area (Å²) in [6, 6.07) is 5.00. The Balaban J connectivity index is 2.15. The number of nitrogen functional groups attached to an aromatic ring is 1. The Kier molecular flexibility index (Phi) is 2.31. The maximum atomic E-state index is 12.6. The van der Waals surface area contributed by atoms with Crippen LogP contribution in [0.3, 0.4) is 0 Å². The molecule has 19 heavy (non-hydrogen) atoms. The summed E-state index contributed by atoms with van der Waals surface area (Å²) in [5.41, 5.74) is 6.22. The molecule has 0 saturated heterocycles. The molecule has 0 saturated carbocycles. The van der Waals surface area contributed by atoms with Crippen LogP contribution < -0.4 is 5.73 Å². The summed E-state index contributed by atoms with van der Waals surface area (Å²) < 4.78 is 42.5. The third kappa shape index (κ3) is 1.92. The van der Waals surface area contributed by atoms with Gasteiger partial charge < -0.3 is 15.2 Å². The van der Waals surface area contributed by atoms with Crippen molar-refractivity contribution >= 4 is 16.8 Å². The first-order chi connectivity index (χ1) is 8.95. The van der Waals surface area contributed by atoms with Crippen molar-refractivity contribution in [2.75, 3.05) is 5.73 Å². The Morgan fingerprint density at radius 1 is 1.21 bits per heavy atom. The fourth-order valence-electron chi connectivity index (χ4n) is 1.93. The number of halogens is 3. The number of nitrogens with two attached hydrogens (primary N) is 1. The molecule has 3 N–H and O–H groups in total. The second-order valence-corrected chi connectivity index (χ2v) is 4.07. The lowest BCUT2D eigenvalue weighted by Gasteiger charge is -2.06. The SMILES string of the molecule is Nc1cc(-c2c[nH]c3cc(C(F)(F)F)ccc23)no1. The molecule has 0 radical (unpaired) electrons. The summed E-state index contributed by atoms with van der Waals surface area (Å²) in [4.78, 5) is 2.79. The molecule has 7 heteroatoms. The number of rotatable bonds is 1. The van der Waals surface area contributed by atoms with E-state index in [2.05, 4.69) is 10.1 Å². The normalized spacial score (nSPS) is 12.2. The summed E-state index contributed by atoms with van der Waals surface area (Å²) in [5, 5.41) is 4.36. The van der Waals surface area contributed by atoms with Crippen LogP contribution in [-0.4, -0.2) is 10.1 Å². The van der Waals surface area contributed by atoms with Crippen molar-refractivity contribution in [3.8, 4) is 11.3 Å². The average molecular weight is 267 g/mol. The van der Waals surface area contributed by atoms with Gasteiger partial charge in [0.05, 0.1) is 5.56 Å². The van der Waals surface area contributed by atoms with E-state index >= 15 is 0 Å². The number of nitrogens with one attached hydrogen (secondary N) is 1. The summed E-state index contributed by atoms with van der Waals surface area (Å²) in [7, 11) is 0. The number of alkyl halides is 3. The van der Waals surface area contributed by atoms with Gasteiger partial charge in [-0.25, -0.2) is 0 Å². The fraction of sp³-hybridized carbons (Fsp3) is 0.0833. The second-order valence-electron chi connectivity index (χ2n) is 4.07. The van der Waals surface area contributed by atoms with Gasteiger partial charge in [-0.2, -0.15) is 13.2 Å². The number of anilines is 1. The number of benzene rings is 1. The van der Waals surface area contributed by atoms with E-state index in [4.69, 9.17) is 10.3 Å². The van der Waals surface area contributed by atoms with Crippen molar-refractivity contribution < 1.29 is 17.7 Å². The molecule has 0 fully saturated rings. The Labute approximate surface area is 105 Å². The molecule has 0 aliphatic heterocycles. The minimum atomic E-state index is -4.36. The van der Waals surface area contributed by atoms with Crippen molar-refractivity contribution in [3.63, 3.8) is 0 Å². The van der Waals surface area contributed by atoms with Gasteiger partial charge >= 0.3 is 6.18 Å². The molecular weight excluding hydrogens is 259 g/mol. The smallest absolute Gasteiger partial charge is 0.368 e. The van der Waals surface area contributed by atoms with Crippen LogP contribution in [-0.2, 0) is 6.18 Å². The average Bonchev–Trinajstić information content (AvgIpc) is 2.92. The molecule has 98 valence electrons. The third-order valence-electron chi connectivity index (χ3n) is 2.81. The molecule has 0 amide bonds. The molecule has 3 aromatic rings. The zero-order valence-electron chi connectivity index (χ0n) is 9.45. The minimum absolute atomic E-state index is 0.149. The van der Waals surface area contributed by atoms with Gasteiger partial charge in [-0.3, -0.25) is 0 Å². The molecular formula is C12H8F3N3O. The summed E-state index contributed by atoms with van der Waals surface area (Å²) in [5.74, 6) is 0.149. The molecule has 3 rings (SSSR count). The first kappa shape index (κ1) is 11.6. The van der Waals surface area contributed by atoms with Crippen LogP contribution in [0.25, 0.3) is 22.2 Å². The number of H-pyrrole nitrogens is 1. The van der Waals surface area contributed by atoms with Gasteiger partial charge in [0, 0.05) is 28.7 Å². The summed E-state index contributed by atoms with van der Waals surface area (Å²) in [6.45, 7) is 0. The van der Waals surface area contributed by atoms with Crippen LogP contribution in [0.2, 0.25) is 0 Å². The lowest BCUT2D eigenvalue weighted by Crippen LogP contribution is -2.04. The Morgan fingerprint density at radius 2 is 2.00 bits per heavy atom. The molecule has 2 aromatic heterocycles. The molecule has 0 bridgehead atoms. The topological polar surface area (TPSA) is 67.8 Å². The number of fused-ring (bicyclic) bond motifs is 1. The van der Waals surface area contributed by atoms with Crippen LogP contribution in [0.1, 0.15) is 5.56 Å². The third-order valence-corrected chi connectivity index (χ3v) is 2.81. The van der Waals surface area contributed by atoms with E-state index in [1.54, 1.807) is 6.20 Å². The van der Waals surface area contributed by atoms with Gasteiger partial charge in [-0.1, -0.05) is 11.2 Å². The van der Waals surface area contributed by atoms with Gasteiger partial charge in [0.15, 0.2) is 0 Å². The summed E-state index contributed by atoms with van der Waals surface area (Å²) >= 11 is 0. The standard InChI is InChI=1S/C12H8F3N3O/c13-12(14,15)6-1-2-7-8(5-17-9(7)3-6)10-4-11(16)19-18-10/h1-5,17H,16H2.